The van der Waals surface area contributed by atoms with E-state index in [4.69, 9.17) is 4.74 Å². The zero-order valence-corrected chi connectivity index (χ0v) is 20.9. The minimum Gasteiger partial charge on any atom is -0.496 e. The first kappa shape index (κ1) is 24.3. The van der Waals surface area contributed by atoms with E-state index in [-0.39, 0.29) is 17.5 Å². The molecule has 0 bridgehead atoms. The van der Waals surface area contributed by atoms with Gasteiger partial charge in [0.15, 0.2) is 0 Å². The molecule has 0 spiro atoms. The summed E-state index contributed by atoms with van der Waals surface area (Å²) in [4.78, 5) is 32.8. The molecule has 2 aromatic heterocycles. The summed E-state index contributed by atoms with van der Waals surface area (Å²) in [5.41, 5.74) is 4.86. The second-order valence-corrected chi connectivity index (χ2v) is 9.26. The number of ether oxygens (including phenoxy) is 1. The molecule has 1 atom stereocenters. The van der Waals surface area contributed by atoms with E-state index in [2.05, 4.69) is 9.88 Å². The Hall–Kier alpha value is -4.40. The van der Waals surface area contributed by atoms with E-state index < -0.39 is 4.92 Å². The molecular weight excluding hydrogens is 470 g/mol. The first-order valence-electron chi connectivity index (χ1n) is 12.3. The fraction of sp³-hybridized carbons (Fsp3) is 0.286. The lowest BCUT2D eigenvalue weighted by atomic mass is 9.91. The van der Waals surface area contributed by atoms with Gasteiger partial charge in [-0.3, -0.25) is 14.9 Å². The third kappa shape index (κ3) is 4.97. The molecule has 1 fully saturated rings. The van der Waals surface area contributed by atoms with Crippen molar-refractivity contribution in [2.24, 2.45) is 0 Å². The first-order chi connectivity index (χ1) is 17.9. The number of piperazine rings is 1. The number of benzene rings is 2. The number of nitro benzene ring substituents is 1. The number of non-ortho nitro benzene ring substituents is 1. The topological polar surface area (TPSA) is 93.2 Å². The molecule has 1 aliphatic rings. The number of nitro groups is 1. The van der Waals surface area contributed by atoms with Crippen LogP contribution in [0.2, 0.25) is 0 Å². The molecule has 3 heterocycles. The van der Waals surface area contributed by atoms with Gasteiger partial charge in [-0.15, -0.1) is 0 Å². The number of hydrogen-bond acceptors (Lipinski definition) is 6. The fourth-order valence-electron chi connectivity index (χ4n) is 4.99. The molecule has 1 aliphatic heterocycles. The van der Waals surface area contributed by atoms with E-state index in [1.165, 1.54) is 12.1 Å². The molecule has 0 N–H and O–H groups in total. The number of hydrogen-bond donors (Lipinski definition) is 0. The van der Waals surface area contributed by atoms with Crippen molar-refractivity contribution < 1.29 is 14.5 Å². The lowest BCUT2D eigenvalue weighted by Gasteiger charge is -2.36. The average molecular weight is 500 g/mol. The Bertz CT molecular complexity index is 1420. The summed E-state index contributed by atoms with van der Waals surface area (Å²) >= 11 is 0. The van der Waals surface area contributed by atoms with E-state index in [0.29, 0.717) is 32.6 Å². The molecule has 37 heavy (non-hydrogen) atoms. The van der Waals surface area contributed by atoms with Crippen LogP contribution in [0.15, 0.2) is 73.1 Å². The number of para-hydroxylation sites is 1. The number of amides is 1. The normalized spacial score (nSPS) is 14.5. The Kier molecular flexibility index (Phi) is 6.76. The van der Waals surface area contributed by atoms with Gasteiger partial charge in [0, 0.05) is 74.3 Å². The third-order valence-electron chi connectivity index (χ3n) is 7.01. The molecule has 9 nitrogen and oxygen atoms in total. The van der Waals surface area contributed by atoms with Crippen LogP contribution in [-0.2, 0) is 4.79 Å². The van der Waals surface area contributed by atoms with Crippen molar-refractivity contribution >= 4 is 22.9 Å². The van der Waals surface area contributed by atoms with Gasteiger partial charge in [-0.2, -0.15) is 0 Å². The molecule has 4 aromatic rings. The van der Waals surface area contributed by atoms with Crippen LogP contribution < -0.4 is 9.64 Å². The van der Waals surface area contributed by atoms with E-state index in [1.54, 1.807) is 19.2 Å². The van der Waals surface area contributed by atoms with Gasteiger partial charge < -0.3 is 18.9 Å². The molecule has 0 radical (unpaired) electrons. The van der Waals surface area contributed by atoms with Crippen LogP contribution in [0.25, 0.3) is 5.65 Å². The summed E-state index contributed by atoms with van der Waals surface area (Å²) in [6, 6.07) is 18.4. The molecule has 1 unspecified atom stereocenters. The van der Waals surface area contributed by atoms with Crippen molar-refractivity contribution in [2.75, 3.05) is 38.2 Å². The van der Waals surface area contributed by atoms with Crippen molar-refractivity contribution in [1.29, 1.82) is 0 Å². The summed E-state index contributed by atoms with van der Waals surface area (Å²) in [5, 5.41) is 10.9. The van der Waals surface area contributed by atoms with Gasteiger partial charge in [0.25, 0.3) is 5.69 Å². The highest BCUT2D eigenvalue weighted by Crippen LogP contribution is 2.35. The minimum absolute atomic E-state index is 0.0707. The smallest absolute Gasteiger partial charge is 0.269 e. The predicted octanol–water partition coefficient (Wildman–Crippen LogP) is 4.43. The maximum Gasteiger partial charge on any atom is 0.269 e. The van der Waals surface area contributed by atoms with Crippen LogP contribution in [0.4, 0.5) is 11.4 Å². The SMILES string of the molecule is COc1ccccc1C(CC(=O)N1CCN(c2ccc([N+](=O)[O-])cc2)CC1)c1cnc2cc(C)ccn12. The number of pyridine rings is 1. The van der Waals surface area contributed by atoms with Crippen molar-refractivity contribution in [3.63, 3.8) is 0 Å². The van der Waals surface area contributed by atoms with Gasteiger partial charge in [-0.25, -0.2) is 4.98 Å². The number of anilines is 1. The Morgan fingerprint density at radius 3 is 2.51 bits per heavy atom. The Morgan fingerprint density at radius 1 is 1.08 bits per heavy atom. The second kappa shape index (κ2) is 10.3. The molecule has 0 aliphatic carbocycles. The summed E-state index contributed by atoms with van der Waals surface area (Å²) in [6.45, 7) is 4.53. The average Bonchev–Trinajstić information content (AvgIpc) is 3.34. The second-order valence-electron chi connectivity index (χ2n) is 9.26. The van der Waals surface area contributed by atoms with Crippen LogP contribution >= 0.6 is 0 Å². The number of fused-ring (bicyclic) bond motifs is 1. The molecule has 1 amide bonds. The summed E-state index contributed by atoms with van der Waals surface area (Å²) < 4.78 is 7.71. The van der Waals surface area contributed by atoms with E-state index in [1.807, 2.05) is 65.0 Å². The zero-order valence-electron chi connectivity index (χ0n) is 20.9. The molecule has 190 valence electrons. The zero-order chi connectivity index (χ0) is 25.9. The maximum absolute atomic E-state index is 13.6. The number of carbonyl (C=O) groups excluding carboxylic acids is 1. The van der Waals surface area contributed by atoms with Crippen molar-refractivity contribution in [3.8, 4) is 5.75 Å². The van der Waals surface area contributed by atoms with Crippen LogP contribution in [0.1, 0.15) is 29.2 Å². The Balaban J connectivity index is 1.36. The number of carbonyl (C=O) groups is 1. The number of aryl methyl sites for hydroxylation is 1. The quantitative estimate of drug-likeness (QED) is 0.276. The number of nitrogens with zero attached hydrogens (tertiary/aromatic N) is 5. The summed E-state index contributed by atoms with van der Waals surface area (Å²) in [5.74, 6) is 0.584. The van der Waals surface area contributed by atoms with Gasteiger partial charge in [-0.1, -0.05) is 18.2 Å². The summed E-state index contributed by atoms with van der Waals surface area (Å²) in [7, 11) is 1.65. The van der Waals surface area contributed by atoms with Crippen molar-refractivity contribution in [3.05, 3.63) is 100.0 Å². The number of rotatable bonds is 7. The molecule has 2 aromatic carbocycles. The minimum atomic E-state index is -0.399. The predicted molar refractivity (Wildman–Crippen MR) is 141 cm³/mol. The summed E-state index contributed by atoms with van der Waals surface area (Å²) in [6.07, 6.45) is 4.15. The molecule has 0 saturated carbocycles. The lowest BCUT2D eigenvalue weighted by molar-refractivity contribution is -0.384. The number of aromatic nitrogens is 2. The standard InChI is InChI=1S/C28H29N5O4/c1-20-11-12-32-25(19-29-27(32)17-20)24(23-5-3-4-6-26(23)37-2)18-28(34)31-15-13-30(14-16-31)21-7-9-22(10-8-21)33(35)36/h3-12,17,19,24H,13-16,18H2,1-2H3. The monoisotopic (exact) mass is 499 g/mol. The molecule has 5 rings (SSSR count). The molecule has 1 saturated heterocycles. The van der Waals surface area contributed by atoms with Gasteiger partial charge in [0.05, 0.1) is 17.7 Å². The lowest BCUT2D eigenvalue weighted by Crippen LogP contribution is -2.49. The number of imidazole rings is 1. The third-order valence-corrected chi connectivity index (χ3v) is 7.01. The van der Waals surface area contributed by atoms with E-state index >= 15 is 0 Å². The fourth-order valence-corrected chi connectivity index (χ4v) is 4.99. The number of methoxy groups -OCH3 is 1. The highest BCUT2D eigenvalue weighted by atomic mass is 16.6. The van der Waals surface area contributed by atoms with Crippen molar-refractivity contribution in [1.82, 2.24) is 14.3 Å². The Morgan fingerprint density at radius 2 is 1.81 bits per heavy atom. The van der Waals surface area contributed by atoms with Gasteiger partial charge in [0.2, 0.25) is 5.91 Å². The van der Waals surface area contributed by atoms with Crippen LogP contribution in [0, 0.1) is 17.0 Å². The van der Waals surface area contributed by atoms with E-state index in [0.717, 1.165) is 33.9 Å². The van der Waals surface area contributed by atoms with Crippen LogP contribution in [0.3, 0.4) is 0 Å². The van der Waals surface area contributed by atoms with Crippen molar-refractivity contribution in [2.45, 2.75) is 19.3 Å². The highest BCUT2D eigenvalue weighted by molar-refractivity contribution is 5.78. The van der Waals surface area contributed by atoms with Gasteiger partial charge in [-0.05, 0) is 42.8 Å². The molecular formula is C28H29N5O4. The van der Waals surface area contributed by atoms with Gasteiger partial charge >= 0.3 is 0 Å². The highest BCUT2D eigenvalue weighted by Gasteiger charge is 2.29. The maximum atomic E-state index is 13.6. The van der Waals surface area contributed by atoms with Gasteiger partial charge in [0.1, 0.15) is 11.4 Å². The van der Waals surface area contributed by atoms with Crippen LogP contribution in [-0.4, -0.2) is 58.4 Å². The van der Waals surface area contributed by atoms with E-state index in [9.17, 15) is 14.9 Å². The Labute approximate surface area is 215 Å². The van der Waals surface area contributed by atoms with Crippen LogP contribution in [0.5, 0.6) is 5.75 Å². The first-order valence-corrected chi connectivity index (χ1v) is 12.3. The largest absolute Gasteiger partial charge is 0.496 e. The molecule has 9 heteroatoms.